The zero-order valence-corrected chi connectivity index (χ0v) is 18.8. The quantitative estimate of drug-likeness (QED) is 0.550. The van der Waals surface area contributed by atoms with Gasteiger partial charge in [0.25, 0.3) is 5.91 Å². The minimum Gasteiger partial charge on any atom is -0.345 e. The third-order valence-corrected chi connectivity index (χ3v) is 6.05. The van der Waals surface area contributed by atoms with E-state index in [2.05, 4.69) is 15.6 Å². The van der Waals surface area contributed by atoms with Gasteiger partial charge in [-0.1, -0.05) is 18.2 Å². The number of carbonyl (C=O) groups excluding carboxylic acids is 3. The second-order valence-corrected chi connectivity index (χ2v) is 8.60. The number of benzene rings is 2. The van der Waals surface area contributed by atoms with Crippen molar-refractivity contribution in [2.75, 3.05) is 11.9 Å². The minimum atomic E-state index is -3.05. The van der Waals surface area contributed by atoms with Gasteiger partial charge in [0.05, 0.1) is 29.6 Å². The topological polar surface area (TPSA) is 112 Å². The predicted octanol–water partition coefficient (Wildman–Crippen LogP) is 4.34. The molecule has 0 aliphatic heterocycles. The third kappa shape index (κ3) is 5.32. The fourth-order valence-corrected chi connectivity index (χ4v) is 4.35. The van der Waals surface area contributed by atoms with Crippen LogP contribution in [-0.4, -0.2) is 35.0 Å². The molecule has 1 aliphatic carbocycles. The summed E-state index contributed by atoms with van der Waals surface area (Å²) in [7, 11) is 0. The molecule has 1 saturated carbocycles. The SMILES string of the molecule is CC(=O)Nc1ccc(-c2ccc3nccc(C(=O)NCC(=O)C4CC(F)(F)C[C@H]4C#N)c3c2)cc1. The van der Waals surface area contributed by atoms with E-state index in [-0.39, 0.29) is 11.5 Å². The zero-order chi connectivity index (χ0) is 25.2. The van der Waals surface area contributed by atoms with Gasteiger partial charge in [-0.15, -0.1) is 0 Å². The van der Waals surface area contributed by atoms with Gasteiger partial charge in [0.2, 0.25) is 11.8 Å². The highest BCUT2D eigenvalue weighted by Gasteiger charge is 2.49. The number of amides is 2. The highest BCUT2D eigenvalue weighted by Crippen LogP contribution is 2.43. The standard InChI is InChI=1S/C26H22F2N4O3/c1-15(33)32-19-5-2-16(3-6-19)17-4-7-23-21(10-17)20(8-9-30-23)25(35)31-14-24(34)22-12-26(27,28)11-18(22)13-29/h2-10,18,22H,11-12,14H2,1H3,(H,31,35)(H,32,33)/t18-,22?/m0/s1. The minimum absolute atomic E-state index is 0.173. The number of anilines is 1. The van der Waals surface area contributed by atoms with Crippen LogP contribution in [0.5, 0.6) is 0 Å². The van der Waals surface area contributed by atoms with Crippen molar-refractivity contribution < 1.29 is 23.2 Å². The van der Waals surface area contributed by atoms with Crippen molar-refractivity contribution in [3.63, 3.8) is 0 Å². The fraction of sp³-hybridized carbons (Fsp3) is 0.269. The molecule has 2 aromatic carbocycles. The number of halogens is 2. The maximum Gasteiger partial charge on any atom is 0.252 e. The van der Waals surface area contributed by atoms with Gasteiger partial charge in [-0.25, -0.2) is 8.78 Å². The normalized spacial score (nSPS) is 18.6. The summed E-state index contributed by atoms with van der Waals surface area (Å²) in [5.74, 6) is -6.51. The molecule has 1 unspecified atom stereocenters. The Labute approximate surface area is 200 Å². The second-order valence-electron chi connectivity index (χ2n) is 8.60. The van der Waals surface area contributed by atoms with E-state index >= 15 is 0 Å². The van der Waals surface area contributed by atoms with Gasteiger partial charge >= 0.3 is 0 Å². The lowest BCUT2D eigenvalue weighted by Crippen LogP contribution is -2.34. The van der Waals surface area contributed by atoms with Gasteiger partial charge < -0.3 is 10.6 Å². The molecule has 0 radical (unpaired) electrons. The Balaban J connectivity index is 1.53. The number of alkyl halides is 2. The lowest BCUT2D eigenvalue weighted by Gasteiger charge is -2.13. The van der Waals surface area contributed by atoms with Crippen LogP contribution in [0.15, 0.2) is 54.7 Å². The van der Waals surface area contributed by atoms with E-state index in [1.807, 2.05) is 18.2 Å². The number of Topliss-reactive ketones (excluding diaryl/α,β-unsaturated/α-hetero) is 1. The van der Waals surface area contributed by atoms with Crippen molar-refractivity contribution in [2.24, 2.45) is 11.8 Å². The number of pyridine rings is 1. The molecule has 1 fully saturated rings. The summed E-state index contributed by atoms with van der Waals surface area (Å²) in [6.45, 7) is 0.987. The molecular weight excluding hydrogens is 454 g/mol. The van der Waals surface area contributed by atoms with Crippen LogP contribution < -0.4 is 10.6 Å². The van der Waals surface area contributed by atoms with E-state index in [0.717, 1.165) is 11.1 Å². The number of hydrogen-bond donors (Lipinski definition) is 2. The van der Waals surface area contributed by atoms with Gasteiger partial charge in [-0.05, 0) is 41.5 Å². The molecule has 3 aromatic rings. The maximum absolute atomic E-state index is 13.7. The Bertz CT molecular complexity index is 1350. The molecule has 1 aromatic heterocycles. The van der Waals surface area contributed by atoms with Crippen molar-refractivity contribution >= 4 is 34.2 Å². The monoisotopic (exact) mass is 476 g/mol. The van der Waals surface area contributed by atoms with Crippen LogP contribution in [-0.2, 0) is 9.59 Å². The molecule has 0 saturated heterocycles. The first kappa shape index (κ1) is 24.0. The van der Waals surface area contributed by atoms with Gasteiger partial charge in [0, 0.05) is 43.0 Å². The largest absolute Gasteiger partial charge is 0.345 e. The number of hydrogen-bond acceptors (Lipinski definition) is 5. The Morgan fingerprint density at radius 2 is 1.80 bits per heavy atom. The summed E-state index contributed by atoms with van der Waals surface area (Å²) < 4.78 is 27.3. The van der Waals surface area contributed by atoms with Crippen molar-refractivity contribution in [1.82, 2.24) is 10.3 Å². The van der Waals surface area contributed by atoms with Crippen LogP contribution in [0.4, 0.5) is 14.5 Å². The molecule has 35 heavy (non-hydrogen) atoms. The van der Waals surface area contributed by atoms with Gasteiger partial charge in [0.15, 0.2) is 5.78 Å². The van der Waals surface area contributed by atoms with Crippen molar-refractivity contribution in [2.45, 2.75) is 25.7 Å². The summed E-state index contributed by atoms with van der Waals surface area (Å²) in [5.41, 5.74) is 3.19. The summed E-state index contributed by atoms with van der Waals surface area (Å²) in [6, 6.07) is 15.9. The molecule has 7 nitrogen and oxygen atoms in total. The van der Waals surface area contributed by atoms with E-state index < -0.39 is 48.8 Å². The first-order valence-electron chi connectivity index (χ1n) is 11.0. The number of carbonyl (C=O) groups is 3. The highest BCUT2D eigenvalue weighted by atomic mass is 19.3. The maximum atomic E-state index is 13.7. The van der Waals surface area contributed by atoms with Gasteiger partial charge in [-0.2, -0.15) is 5.26 Å². The first-order valence-corrected chi connectivity index (χ1v) is 11.0. The molecule has 9 heteroatoms. The molecule has 0 spiro atoms. The Kier molecular flexibility index (Phi) is 6.56. The molecule has 4 rings (SSSR count). The molecule has 2 amide bonds. The van der Waals surface area contributed by atoms with Gasteiger partial charge in [0.1, 0.15) is 0 Å². The summed E-state index contributed by atoms with van der Waals surface area (Å²) in [5, 5.41) is 14.9. The van der Waals surface area contributed by atoms with Crippen LogP contribution in [0.3, 0.4) is 0 Å². The lowest BCUT2D eigenvalue weighted by atomic mass is 9.93. The summed E-state index contributed by atoms with van der Waals surface area (Å²) in [6.07, 6.45) is 0.157. The van der Waals surface area contributed by atoms with Crippen molar-refractivity contribution in [3.05, 3.63) is 60.3 Å². The molecular formula is C26H22F2N4O3. The third-order valence-electron chi connectivity index (χ3n) is 6.05. The Morgan fingerprint density at radius 1 is 1.09 bits per heavy atom. The van der Waals surface area contributed by atoms with Crippen LogP contribution in [0.2, 0.25) is 0 Å². The second kappa shape index (κ2) is 9.58. The van der Waals surface area contributed by atoms with Crippen molar-refractivity contribution in [3.8, 4) is 17.2 Å². The lowest BCUT2D eigenvalue weighted by molar-refractivity contribution is -0.123. The van der Waals surface area contributed by atoms with Crippen LogP contribution in [0.1, 0.15) is 30.1 Å². The molecule has 1 aliphatic rings. The van der Waals surface area contributed by atoms with E-state index in [1.54, 1.807) is 30.3 Å². The van der Waals surface area contributed by atoms with Crippen LogP contribution >= 0.6 is 0 Å². The average Bonchev–Trinajstić information content (AvgIpc) is 3.16. The molecule has 178 valence electrons. The van der Waals surface area contributed by atoms with Crippen LogP contribution in [0.25, 0.3) is 22.0 Å². The highest BCUT2D eigenvalue weighted by molar-refractivity contribution is 6.08. The van der Waals surface area contributed by atoms with E-state index in [0.29, 0.717) is 16.6 Å². The number of fused-ring (bicyclic) bond motifs is 1. The number of nitrogens with zero attached hydrogens (tertiary/aromatic N) is 2. The number of nitriles is 1. The Morgan fingerprint density at radius 3 is 2.49 bits per heavy atom. The molecule has 2 N–H and O–H groups in total. The number of ketones is 1. The number of rotatable bonds is 6. The van der Waals surface area contributed by atoms with E-state index in [1.165, 1.54) is 19.2 Å². The van der Waals surface area contributed by atoms with Crippen LogP contribution in [0, 0.1) is 23.2 Å². The molecule has 1 heterocycles. The van der Waals surface area contributed by atoms with Crippen molar-refractivity contribution in [1.29, 1.82) is 5.26 Å². The smallest absolute Gasteiger partial charge is 0.252 e. The fourth-order valence-electron chi connectivity index (χ4n) is 4.35. The summed E-state index contributed by atoms with van der Waals surface area (Å²) >= 11 is 0. The molecule has 2 atom stereocenters. The number of aromatic nitrogens is 1. The zero-order valence-electron chi connectivity index (χ0n) is 18.8. The number of nitrogens with one attached hydrogen (secondary N) is 2. The predicted molar refractivity (Wildman–Crippen MR) is 126 cm³/mol. The Hall–Kier alpha value is -4.19. The molecule has 0 bridgehead atoms. The summed E-state index contributed by atoms with van der Waals surface area (Å²) in [4.78, 5) is 40.9. The first-order chi connectivity index (χ1) is 16.7. The van der Waals surface area contributed by atoms with E-state index in [9.17, 15) is 23.2 Å². The van der Waals surface area contributed by atoms with Gasteiger partial charge in [-0.3, -0.25) is 19.4 Å². The average molecular weight is 476 g/mol. The van der Waals surface area contributed by atoms with E-state index in [4.69, 9.17) is 5.26 Å².